The largest absolute Gasteiger partial charge is 0.497 e. The summed E-state index contributed by atoms with van der Waals surface area (Å²) in [6, 6.07) is 17.6. The van der Waals surface area contributed by atoms with Crippen molar-refractivity contribution in [2.75, 3.05) is 20.2 Å². The fourth-order valence-corrected chi connectivity index (χ4v) is 6.56. The Balaban J connectivity index is 1.15. The lowest BCUT2D eigenvalue weighted by Gasteiger charge is -2.14. The number of nitrogens with zero attached hydrogens (tertiary/aromatic N) is 4. The number of hydrogen-bond donors (Lipinski definition) is 4. The van der Waals surface area contributed by atoms with Gasteiger partial charge < -0.3 is 25.4 Å². The predicted molar refractivity (Wildman–Crippen MR) is 178 cm³/mol. The molecule has 11 nitrogen and oxygen atoms in total. The van der Waals surface area contributed by atoms with Gasteiger partial charge in [-0.2, -0.15) is 0 Å². The third kappa shape index (κ3) is 6.54. The fourth-order valence-electron chi connectivity index (χ4n) is 5.46. The zero-order valence-electron chi connectivity index (χ0n) is 25.0. The van der Waals surface area contributed by atoms with Gasteiger partial charge in [0.1, 0.15) is 17.6 Å². The molecule has 0 fully saturated rings. The van der Waals surface area contributed by atoms with Crippen LogP contribution in [0.15, 0.2) is 71.0 Å². The van der Waals surface area contributed by atoms with E-state index in [2.05, 4.69) is 20.8 Å². The smallest absolute Gasteiger partial charge is 0.488 e. The average molecular weight is 657 g/mol. The topological polar surface area (TPSA) is 151 Å². The third-order valence-electron chi connectivity index (χ3n) is 7.77. The molecule has 1 aliphatic heterocycles. The first kappa shape index (κ1) is 31.4. The second-order valence-corrected chi connectivity index (χ2v) is 12.1. The number of thiophene rings is 1. The van der Waals surface area contributed by atoms with Gasteiger partial charge in [-0.25, -0.2) is 0 Å². The van der Waals surface area contributed by atoms with Crippen molar-refractivity contribution in [2.24, 2.45) is 4.99 Å². The summed E-state index contributed by atoms with van der Waals surface area (Å²) in [7, 11) is 0.0486. The fraction of sp³-hybridized carbons (Fsp3) is 0.219. The number of rotatable bonds is 10. The Morgan fingerprint density at radius 3 is 2.61 bits per heavy atom. The number of halogens is 1. The van der Waals surface area contributed by atoms with Crippen LogP contribution in [0, 0.1) is 6.92 Å². The van der Waals surface area contributed by atoms with Crippen LogP contribution in [0.25, 0.3) is 15.8 Å². The summed E-state index contributed by atoms with van der Waals surface area (Å²) in [6.45, 7) is 1.99. The van der Waals surface area contributed by atoms with Gasteiger partial charge in [-0.3, -0.25) is 19.1 Å². The summed E-state index contributed by atoms with van der Waals surface area (Å²) in [5.74, 6) is 1.10. The Kier molecular flexibility index (Phi) is 9.18. The number of aliphatic imine (C=N–C) groups is 1. The van der Waals surface area contributed by atoms with Crippen LogP contribution in [0.3, 0.4) is 0 Å². The molecule has 2 amide bonds. The number of carbonyl (C=O) groups is 2. The van der Waals surface area contributed by atoms with E-state index >= 15 is 0 Å². The summed E-state index contributed by atoms with van der Waals surface area (Å²) in [4.78, 5) is 30.9. The maximum absolute atomic E-state index is 13.2. The summed E-state index contributed by atoms with van der Waals surface area (Å²) < 4.78 is 8.43. The van der Waals surface area contributed by atoms with Crippen molar-refractivity contribution >= 4 is 63.1 Å². The number of hydrogen-bond acceptors (Lipinski definition) is 9. The van der Waals surface area contributed by atoms with Crippen LogP contribution < -0.4 is 20.8 Å². The molecule has 1 atom stereocenters. The van der Waals surface area contributed by atoms with Crippen LogP contribution in [-0.2, 0) is 16.0 Å². The quantitative estimate of drug-likeness (QED) is 0.169. The standard InChI is InChI=1S/C32H30BClN6O5S/c1-18-38-39-32-26(37-31(19-3-6-22(34)7-4-19)25-14-23(45-2)8-9-27(25)40(18)32)15-29(41)36-16-30(42)35-12-11-20-17-46-28-10-5-21(33(43)44)13-24(20)28/h3-10,13-14,17,26,43-44H,11-12,15-16H2,1-2H3,(H,35,42)(H,36,41)/t26-/m0/s1. The van der Waals surface area contributed by atoms with Crippen molar-refractivity contribution in [2.45, 2.75) is 25.8 Å². The van der Waals surface area contributed by atoms with Gasteiger partial charge >= 0.3 is 7.12 Å². The Morgan fingerprint density at radius 2 is 1.85 bits per heavy atom. The van der Waals surface area contributed by atoms with Gasteiger partial charge in [0.15, 0.2) is 5.82 Å². The summed E-state index contributed by atoms with van der Waals surface area (Å²) in [5.41, 5.74) is 4.45. The number of methoxy groups -OCH3 is 1. The molecule has 0 unspecified atom stereocenters. The van der Waals surface area contributed by atoms with E-state index in [0.29, 0.717) is 46.6 Å². The highest BCUT2D eigenvalue weighted by Crippen LogP contribution is 2.34. The molecule has 0 radical (unpaired) electrons. The Bertz CT molecular complexity index is 1960. The molecule has 234 valence electrons. The number of carbonyl (C=O) groups excluding carboxylic acids is 2. The van der Waals surface area contributed by atoms with Gasteiger partial charge in [0.2, 0.25) is 11.8 Å². The molecule has 0 bridgehead atoms. The molecule has 14 heteroatoms. The number of aryl methyl sites for hydroxylation is 1. The lowest BCUT2D eigenvalue weighted by atomic mass is 9.80. The van der Waals surface area contributed by atoms with Crippen LogP contribution in [0.2, 0.25) is 5.02 Å². The van der Waals surface area contributed by atoms with Crippen LogP contribution in [0.1, 0.15) is 40.8 Å². The molecule has 0 saturated heterocycles. The summed E-state index contributed by atoms with van der Waals surface area (Å²) >= 11 is 7.73. The van der Waals surface area contributed by atoms with E-state index in [1.165, 1.54) is 0 Å². The molecule has 2 aromatic heterocycles. The molecule has 3 heterocycles. The summed E-state index contributed by atoms with van der Waals surface area (Å²) in [5, 5.41) is 36.8. The second-order valence-electron chi connectivity index (χ2n) is 10.8. The molecule has 1 aliphatic rings. The molecular formula is C32H30BClN6O5S. The molecule has 46 heavy (non-hydrogen) atoms. The van der Waals surface area contributed by atoms with Crippen molar-refractivity contribution < 1.29 is 24.4 Å². The Hall–Kier alpha value is -4.56. The summed E-state index contributed by atoms with van der Waals surface area (Å²) in [6.07, 6.45) is 0.489. The zero-order chi connectivity index (χ0) is 32.4. The first-order chi connectivity index (χ1) is 22.2. The number of amides is 2. The van der Waals surface area contributed by atoms with Gasteiger partial charge in [-0.05, 0) is 71.5 Å². The van der Waals surface area contributed by atoms with Gasteiger partial charge in [0.25, 0.3) is 0 Å². The van der Waals surface area contributed by atoms with E-state index < -0.39 is 13.2 Å². The first-order valence-electron chi connectivity index (χ1n) is 14.6. The van der Waals surface area contributed by atoms with E-state index in [1.807, 2.05) is 53.3 Å². The Labute approximate surface area is 274 Å². The van der Waals surface area contributed by atoms with Gasteiger partial charge in [0.05, 0.1) is 31.5 Å². The lowest BCUT2D eigenvalue weighted by Crippen LogP contribution is -2.38. The molecular weight excluding hydrogens is 627 g/mol. The molecule has 6 rings (SSSR count). The number of aromatic nitrogens is 3. The number of ether oxygens (including phenoxy) is 1. The Morgan fingerprint density at radius 1 is 1.04 bits per heavy atom. The van der Waals surface area contributed by atoms with Crippen molar-refractivity contribution in [3.8, 4) is 11.4 Å². The van der Waals surface area contributed by atoms with E-state index in [1.54, 1.807) is 42.7 Å². The van der Waals surface area contributed by atoms with E-state index in [0.717, 1.165) is 32.5 Å². The van der Waals surface area contributed by atoms with Gasteiger partial charge in [-0.1, -0.05) is 35.9 Å². The van der Waals surface area contributed by atoms with Gasteiger partial charge in [-0.15, -0.1) is 21.5 Å². The van der Waals surface area contributed by atoms with E-state index in [-0.39, 0.29) is 24.8 Å². The predicted octanol–water partition coefficient (Wildman–Crippen LogP) is 2.89. The molecule has 4 N–H and O–H groups in total. The minimum atomic E-state index is -1.55. The molecule has 0 saturated carbocycles. The second kappa shape index (κ2) is 13.4. The number of nitrogens with one attached hydrogen (secondary N) is 2. The zero-order valence-corrected chi connectivity index (χ0v) is 26.6. The maximum Gasteiger partial charge on any atom is 0.488 e. The highest BCUT2D eigenvalue weighted by Gasteiger charge is 2.30. The highest BCUT2D eigenvalue weighted by molar-refractivity contribution is 7.17. The van der Waals surface area contributed by atoms with Crippen LogP contribution in [0.4, 0.5) is 0 Å². The number of benzene rings is 3. The van der Waals surface area contributed by atoms with Crippen LogP contribution in [0.5, 0.6) is 5.75 Å². The number of fused-ring (bicyclic) bond motifs is 4. The molecule has 0 spiro atoms. The molecule has 5 aromatic rings. The van der Waals surface area contributed by atoms with Crippen molar-refractivity contribution in [3.05, 3.63) is 99.4 Å². The maximum atomic E-state index is 13.2. The van der Waals surface area contributed by atoms with E-state index in [9.17, 15) is 19.6 Å². The third-order valence-corrected chi connectivity index (χ3v) is 9.03. The van der Waals surface area contributed by atoms with Crippen molar-refractivity contribution in [1.29, 1.82) is 0 Å². The van der Waals surface area contributed by atoms with Crippen molar-refractivity contribution in [1.82, 2.24) is 25.4 Å². The van der Waals surface area contributed by atoms with Gasteiger partial charge in [0, 0.05) is 27.4 Å². The van der Waals surface area contributed by atoms with Crippen LogP contribution >= 0.6 is 22.9 Å². The minimum Gasteiger partial charge on any atom is -0.497 e. The lowest BCUT2D eigenvalue weighted by molar-refractivity contribution is -0.126. The molecule has 3 aromatic carbocycles. The molecule has 0 aliphatic carbocycles. The average Bonchev–Trinajstić information content (AvgIpc) is 3.61. The van der Waals surface area contributed by atoms with Crippen LogP contribution in [-0.4, -0.2) is 69.7 Å². The van der Waals surface area contributed by atoms with E-state index in [4.69, 9.17) is 21.3 Å². The SMILES string of the molecule is COc1ccc2c(c1)C(c1ccc(Cl)cc1)=N[C@@H](CC(=O)NCC(=O)NCCc1csc3ccc(B(O)O)cc13)c1nnc(C)n1-2. The normalized spacial score (nSPS) is 13.8. The van der Waals surface area contributed by atoms with Crippen molar-refractivity contribution in [3.63, 3.8) is 0 Å². The first-order valence-corrected chi connectivity index (χ1v) is 15.8. The minimum absolute atomic E-state index is 0.0619. The highest BCUT2D eigenvalue weighted by atomic mass is 35.5. The monoisotopic (exact) mass is 656 g/mol.